The van der Waals surface area contributed by atoms with E-state index in [-0.39, 0.29) is 5.54 Å². The molecule has 0 radical (unpaired) electrons. The van der Waals surface area contributed by atoms with Gasteiger partial charge in [0.2, 0.25) is 0 Å². The summed E-state index contributed by atoms with van der Waals surface area (Å²) >= 11 is 0. The molecule has 1 fully saturated rings. The SMILES string of the molecule is CCNC(=NCc1nnc2n1CCCCC2)NCC(C)(C)N1CCCCC1. The Hall–Kier alpha value is -1.63. The summed E-state index contributed by atoms with van der Waals surface area (Å²) in [4.78, 5) is 7.40. The van der Waals surface area contributed by atoms with Crippen LogP contribution in [0.25, 0.3) is 0 Å². The number of aryl methyl sites for hydroxylation is 1. The van der Waals surface area contributed by atoms with Crippen molar-refractivity contribution in [3.8, 4) is 0 Å². The van der Waals surface area contributed by atoms with Gasteiger partial charge in [0.15, 0.2) is 11.8 Å². The Morgan fingerprint density at radius 1 is 1.00 bits per heavy atom. The maximum atomic E-state index is 4.80. The first kappa shape index (κ1) is 20.1. The zero-order valence-corrected chi connectivity index (χ0v) is 17.4. The molecular weight excluding hydrogens is 338 g/mol. The van der Waals surface area contributed by atoms with E-state index < -0.39 is 0 Å². The van der Waals surface area contributed by atoms with E-state index in [1.165, 1.54) is 51.6 Å². The molecular formula is C20H37N7. The van der Waals surface area contributed by atoms with Crippen molar-refractivity contribution in [2.45, 2.75) is 84.3 Å². The number of rotatable bonds is 6. The van der Waals surface area contributed by atoms with Gasteiger partial charge in [-0.2, -0.15) is 0 Å². The van der Waals surface area contributed by atoms with Crippen molar-refractivity contribution in [3.05, 3.63) is 11.6 Å². The van der Waals surface area contributed by atoms with Gasteiger partial charge in [-0.1, -0.05) is 12.8 Å². The molecule has 3 rings (SSSR count). The number of hydrogen-bond acceptors (Lipinski definition) is 4. The van der Waals surface area contributed by atoms with Crippen LogP contribution in [0.15, 0.2) is 4.99 Å². The first-order valence-corrected chi connectivity index (χ1v) is 10.8. The van der Waals surface area contributed by atoms with Gasteiger partial charge in [-0.05, 0) is 59.5 Å². The Labute approximate surface area is 164 Å². The van der Waals surface area contributed by atoms with Crippen molar-refractivity contribution >= 4 is 5.96 Å². The molecule has 0 bridgehead atoms. The van der Waals surface area contributed by atoms with Crippen molar-refractivity contribution in [1.82, 2.24) is 30.3 Å². The Kier molecular flexibility index (Phi) is 7.10. The summed E-state index contributed by atoms with van der Waals surface area (Å²) in [5.74, 6) is 2.98. The third kappa shape index (κ3) is 5.43. The third-order valence-corrected chi connectivity index (χ3v) is 5.81. The highest BCUT2D eigenvalue weighted by Gasteiger charge is 2.28. The summed E-state index contributed by atoms with van der Waals surface area (Å²) in [6, 6.07) is 0. The zero-order chi connectivity index (χ0) is 19.1. The minimum atomic E-state index is 0.128. The molecule has 7 heteroatoms. The fourth-order valence-corrected chi connectivity index (χ4v) is 4.06. The summed E-state index contributed by atoms with van der Waals surface area (Å²) < 4.78 is 2.28. The highest BCUT2D eigenvalue weighted by molar-refractivity contribution is 5.79. The second-order valence-corrected chi connectivity index (χ2v) is 8.40. The molecule has 3 heterocycles. The van der Waals surface area contributed by atoms with Crippen LogP contribution in [0.4, 0.5) is 0 Å². The molecule has 152 valence electrons. The van der Waals surface area contributed by atoms with Crippen molar-refractivity contribution in [2.75, 3.05) is 26.2 Å². The molecule has 0 saturated carbocycles. The summed E-state index contributed by atoms with van der Waals surface area (Å²) in [5, 5.41) is 15.7. The third-order valence-electron chi connectivity index (χ3n) is 5.81. The quantitative estimate of drug-likeness (QED) is 0.590. The Balaban J connectivity index is 1.60. The molecule has 0 spiro atoms. The van der Waals surface area contributed by atoms with Crippen LogP contribution in [0.5, 0.6) is 0 Å². The highest BCUT2D eigenvalue weighted by Crippen LogP contribution is 2.20. The van der Waals surface area contributed by atoms with Gasteiger partial charge in [-0.25, -0.2) is 4.99 Å². The van der Waals surface area contributed by atoms with Gasteiger partial charge in [0.1, 0.15) is 12.4 Å². The van der Waals surface area contributed by atoms with Crippen LogP contribution >= 0.6 is 0 Å². The molecule has 0 unspecified atom stereocenters. The molecule has 1 aromatic heterocycles. The lowest BCUT2D eigenvalue weighted by atomic mass is 9.98. The van der Waals surface area contributed by atoms with Crippen LogP contribution in [0.2, 0.25) is 0 Å². The molecule has 0 atom stereocenters. The minimum Gasteiger partial charge on any atom is -0.357 e. The predicted molar refractivity (Wildman–Crippen MR) is 110 cm³/mol. The van der Waals surface area contributed by atoms with Crippen LogP contribution in [0.1, 0.15) is 70.9 Å². The fourth-order valence-electron chi connectivity index (χ4n) is 4.06. The van der Waals surface area contributed by atoms with E-state index in [1.807, 2.05) is 0 Å². The normalized spacial score (nSPS) is 19.4. The molecule has 0 aromatic carbocycles. The predicted octanol–water partition coefficient (Wildman–Crippen LogP) is 2.32. The highest BCUT2D eigenvalue weighted by atomic mass is 15.3. The number of nitrogens with zero attached hydrogens (tertiary/aromatic N) is 5. The van der Waals surface area contributed by atoms with Gasteiger partial charge in [-0.3, -0.25) is 4.90 Å². The van der Waals surface area contributed by atoms with Crippen molar-refractivity contribution in [2.24, 2.45) is 4.99 Å². The maximum Gasteiger partial charge on any atom is 0.191 e. The van der Waals surface area contributed by atoms with Crippen LogP contribution in [-0.4, -0.2) is 57.3 Å². The lowest BCUT2D eigenvalue weighted by Gasteiger charge is -2.41. The number of aromatic nitrogens is 3. The van der Waals surface area contributed by atoms with E-state index >= 15 is 0 Å². The molecule has 2 aliphatic heterocycles. The molecule has 0 amide bonds. The summed E-state index contributed by atoms with van der Waals surface area (Å²) in [5.41, 5.74) is 0.128. The second kappa shape index (κ2) is 9.53. The fraction of sp³-hybridized carbons (Fsp3) is 0.850. The number of guanidine groups is 1. The van der Waals surface area contributed by atoms with Gasteiger partial charge in [-0.15, -0.1) is 10.2 Å². The van der Waals surface area contributed by atoms with E-state index in [0.717, 1.165) is 43.7 Å². The lowest BCUT2D eigenvalue weighted by molar-refractivity contribution is 0.0982. The molecule has 1 saturated heterocycles. The van der Waals surface area contributed by atoms with Gasteiger partial charge < -0.3 is 15.2 Å². The average Bonchev–Trinajstić information content (AvgIpc) is 2.91. The van der Waals surface area contributed by atoms with Gasteiger partial charge in [0, 0.05) is 31.6 Å². The number of fused-ring (bicyclic) bond motifs is 1. The first-order chi connectivity index (χ1) is 13.1. The van der Waals surface area contributed by atoms with Crippen LogP contribution < -0.4 is 10.6 Å². The maximum absolute atomic E-state index is 4.80. The van der Waals surface area contributed by atoms with E-state index in [4.69, 9.17) is 4.99 Å². The number of piperidine rings is 1. The van der Waals surface area contributed by atoms with Gasteiger partial charge >= 0.3 is 0 Å². The summed E-state index contributed by atoms with van der Waals surface area (Å²) in [6.07, 6.45) is 8.75. The second-order valence-electron chi connectivity index (χ2n) is 8.40. The van der Waals surface area contributed by atoms with E-state index in [0.29, 0.717) is 6.54 Å². The molecule has 1 aromatic rings. The Morgan fingerprint density at radius 3 is 2.52 bits per heavy atom. The molecule has 2 N–H and O–H groups in total. The van der Waals surface area contributed by atoms with E-state index in [2.05, 4.69) is 51.1 Å². The number of hydrogen-bond donors (Lipinski definition) is 2. The smallest absolute Gasteiger partial charge is 0.191 e. The van der Waals surface area contributed by atoms with Crippen LogP contribution in [0, 0.1) is 0 Å². The van der Waals surface area contributed by atoms with Crippen LogP contribution in [0.3, 0.4) is 0 Å². The topological polar surface area (TPSA) is 70.4 Å². The largest absolute Gasteiger partial charge is 0.357 e. The first-order valence-electron chi connectivity index (χ1n) is 10.8. The minimum absolute atomic E-state index is 0.128. The number of aliphatic imine (C=N–C) groups is 1. The van der Waals surface area contributed by atoms with Crippen molar-refractivity contribution in [1.29, 1.82) is 0 Å². The number of likely N-dealkylation sites (tertiary alicyclic amines) is 1. The Bertz CT molecular complexity index is 614. The number of nitrogens with one attached hydrogen (secondary N) is 2. The van der Waals surface area contributed by atoms with E-state index in [9.17, 15) is 0 Å². The van der Waals surface area contributed by atoms with E-state index in [1.54, 1.807) is 0 Å². The lowest BCUT2D eigenvalue weighted by Crippen LogP contribution is -2.54. The molecule has 2 aliphatic rings. The standard InChI is InChI=1S/C20H37N7/c1-4-21-19(23-16-20(2,3)26-12-8-6-9-13-26)22-15-18-25-24-17-11-7-5-10-14-27(17)18/h4-16H2,1-3H3,(H2,21,22,23). The summed E-state index contributed by atoms with van der Waals surface area (Å²) in [6.45, 7) is 12.5. The van der Waals surface area contributed by atoms with Crippen LogP contribution in [-0.2, 0) is 19.5 Å². The molecule has 0 aliphatic carbocycles. The van der Waals surface area contributed by atoms with Crippen molar-refractivity contribution in [3.63, 3.8) is 0 Å². The van der Waals surface area contributed by atoms with Crippen molar-refractivity contribution < 1.29 is 0 Å². The van der Waals surface area contributed by atoms with Gasteiger partial charge in [0.25, 0.3) is 0 Å². The summed E-state index contributed by atoms with van der Waals surface area (Å²) in [7, 11) is 0. The zero-order valence-electron chi connectivity index (χ0n) is 17.4. The average molecular weight is 376 g/mol. The molecule has 27 heavy (non-hydrogen) atoms. The Morgan fingerprint density at radius 2 is 1.74 bits per heavy atom. The van der Waals surface area contributed by atoms with Gasteiger partial charge in [0.05, 0.1) is 0 Å². The molecule has 7 nitrogen and oxygen atoms in total. The monoisotopic (exact) mass is 375 g/mol.